The van der Waals surface area contributed by atoms with Crippen molar-refractivity contribution in [1.82, 2.24) is 0 Å². The monoisotopic (exact) mass is 254 g/mol. The summed E-state index contributed by atoms with van der Waals surface area (Å²) in [7, 11) is 0. The maximum Gasteiger partial charge on any atom is 0.212 e. The van der Waals surface area contributed by atoms with Gasteiger partial charge in [-0.05, 0) is 18.1 Å². The van der Waals surface area contributed by atoms with Gasteiger partial charge in [-0.25, -0.2) is 0 Å². The molecule has 0 fully saturated rings. The third-order valence-corrected chi connectivity index (χ3v) is 2.54. The van der Waals surface area contributed by atoms with Gasteiger partial charge in [-0.1, -0.05) is 18.2 Å². The fraction of sp³-hybridized carbons (Fsp3) is 0.333. The minimum Gasteiger partial charge on any atom is -0.384 e. The average Bonchev–Trinajstić information content (AvgIpc) is 2.36. The fourth-order valence-electron chi connectivity index (χ4n) is 1.48. The van der Waals surface area contributed by atoms with Crippen LogP contribution in [0.4, 0.5) is 5.69 Å². The van der Waals surface area contributed by atoms with E-state index < -0.39 is 11.8 Å². The van der Waals surface area contributed by atoms with Gasteiger partial charge in [-0.15, -0.1) is 11.6 Å². The number of nitrogens with one attached hydrogen (secondary N) is 1. The smallest absolute Gasteiger partial charge is 0.212 e. The minimum atomic E-state index is -0.786. The maximum absolute atomic E-state index is 11.1. The molecule has 0 heterocycles. The van der Waals surface area contributed by atoms with E-state index in [9.17, 15) is 9.59 Å². The number of aldehydes is 1. The normalized spacial score (nSPS) is 11.9. The highest BCUT2D eigenvalue weighted by atomic mass is 35.5. The molecule has 0 saturated carbocycles. The van der Waals surface area contributed by atoms with Gasteiger partial charge < -0.3 is 11.1 Å². The Morgan fingerprint density at radius 2 is 2.18 bits per heavy atom. The highest BCUT2D eigenvalue weighted by molar-refractivity contribution is 6.27. The van der Waals surface area contributed by atoms with Crippen LogP contribution >= 0.6 is 11.6 Å². The number of alkyl halides is 1. The lowest BCUT2D eigenvalue weighted by molar-refractivity contribution is -0.130. The van der Waals surface area contributed by atoms with Crippen LogP contribution < -0.4 is 11.1 Å². The maximum atomic E-state index is 11.1. The number of hydrogen-bond acceptors (Lipinski definition) is 4. The number of anilines is 1. The lowest BCUT2D eigenvalue weighted by Gasteiger charge is -2.13. The molecular weight excluding hydrogens is 240 g/mol. The standard InChI is InChI=1S/C12H15ClN2O2/c13-5-6-15-11-4-2-1-3-9(11)7-10(14)12(17)8-16/h1-4,8,10,15H,5-7,14H2. The number of ketones is 1. The Labute approximate surface area is 105 Å². The zero-order valence-corrected chi connectivity index (χ0v) is 10.1. The lowest BCUT2D eigenvalue weighted by atomic mass is 10.0. The Bertz CT molecular complexity index is 396. The second-order valence-corrected chi connectivity index (χ2v) is 3.98. The zero-order chi connectivity index (χ0) is 12.7. The van der Waals surface area contributed by atoms with Crippen LogP contribution in [-0.2, 0) is 16.0 Å². The first-order valence-corrected chi connectivity index (χ1v) is 5.84. The van der Waals surface area contributed by atoms with Crippen LogP contribution in [0, 0.1) is 0 Å². The lowest BCUT2D eigenvalue weighted by Crippen LogP contribution is -2.33. The number of benzene rings is 1. The number of Topliss-reactive ketones (excluding diaryl/α,β-unsaturated/α-hetero) is 1. The average molecular weight is 255 g/mol. The van der Waals surface area contributed by atoms with Gasteiger partial charge in [0.25, 0.3) is 0 Å². The summed E-state index contributed by atoms with van der Waals surface area (Å²) in [4.78, 5) is 21.4. The van der Waals surface area contributed by atoms with E-state index in [1.54, 1.807) is 0 Å². The van der Waals surface area contributed by atoms with Gasteiger partial charge in [-0.2, -0.15) is 0 Å². The van der Waals surface area contributed by atoms with Crippen molar-refractivity contribution >= 4 is 29.4 Å². The molecule has 1 aromatic rings. The van der Waals surface area contributed by atoms with E-state index in [0.29, 0.717) is 18.8 Å². The first-order valence-electron chi connectivity index (χ1n) is 5.31. The highest BCUT2D eigenvalue weighted by Crippen LogP contribution is 2.16. The number of rotatable bonds is 7. The predicted molar refractivity (Wildman–Crippen MR) is 68.4 cm³/mol. The molecule has 1 atom stereocenters. The largest absolute Gasteiger partial charge is 0.384 e. The van der Waals surface area contributed by atoms with Crippen LogP contribution in [-0.4, -0.2) is 30.5 Å². The van der Waals surface area contributed by atoms with E-state index in [1.165, 1.54) is 0 Å². The molecule has 0 aliphatic heterocycles. The molecule has 5 heteroatoms. The number of carbonyl (C=O) groups is 2. The molecule has 0 bridgehead atoms. The summed E-state index contributed by atoms with van der Waals surface area (Å²) in [5, 5.41) is 3.14. The molecule has 0 saturated heterocycles. The van der Waals surface area contributed by atoms with Crippen LogP contribution in [0.15, 0.2) is 24.3 Å². The van der Waals surface area contributed by atoms with E-state index >= 15 is 0 Å². The van der Waals surface area contributed by atoms with Gasteiger partial charge >= 0.3 is 0 Å². The summed E-state index contributed by atoms with van der Waals surface area (Å²) >= 11 is 5.59. The van der Waals surface area contributed by atoms with E-state index in [-0.39, 0.29) is 6.29 Å². The number of nitrogens with two attached hydrogens (primary N) is 1. The van der Waals surface area contributed by atoms with Crippen molar-refractivity contribution in [3.8, 4) is 0 Å². The summed E-state index contributed by atoms with van der Waals surface area (Å²) in [6.07, 6.45) is 0.600. The van der Waals surface area contributed by atoms with Gasteiger partial charge in [0, 0.05) is 18.1 Å². The Hall–Kier alpha value is -1.39. The van der Waals surface area contributed by atoms with E-state index in [0.717, 1.165) is 11.3 Å². The molecule has 17 heavy (non-hydrogen) atoms. The van der Waals surface area contributed by atoms with Crippen molar-refractivity contribution in [3.05, 3.63) is 29.8 Å². The molecule has 1 unspecified atom stereocenters. The minimum absolute atomic E-state index is 0.263. The first kappa shape index (κ1) is 13.7. The van der Waals surface area contributed by atoms with Crippen molar-refractivity contribution in [3.63, 3.8) is 0 Å². The second-order valence-electron chi connectivity index (χ2n) is 3.60. The van der Waals surface area contributed by atoms with E-state index in [1.807, 2.05) is 24.3 Å². The van der Waals surface area contributed by atoms with Gasteiger partial charge in [0.15, 0.2) is 6.29 Å². The quantitative estimate of drug-likeness (QED) is 0.432. The molecule has 0 spiro atoms. The van der Waals surface area contributed by atoms with Crippen LogP contribution in [0.5, 0.6) is 0 Å². The van der Waals surface area contributed by atoms with Gasteiger partial charge in [0.2, 0.25) is 5.78 Å². The van der Waals surface area contributed by atoms with Gasteiger partial charge in [0.05, 0.1) is 6.04 Å². The molecule has 0 amide bonds. The van der Waals surface area contributed by atoms with Crippen molar-refractivity contribution < 1.29 is 9.59 Å². The van der Waals surface area contributed by atoms with Crippen LogP contribution in [0.25, 0.3) is 0 Å². The Kier molecular flexibility index (Phi) is 5.66. The first-order chi connectivity index (χ1) is 8.19. The van der Waals surface area contributed by atoms with E-state index in [2.05, 4.69) is 5.32 Å². The fourth-order valence-corrected chi connectivity index (χ4v) is 1.57. The Morgan fingerprint density at radius 3 is 2.82 bits per heavy atom. The molecular formula is C12H15ClN2O2. The van der Waals surface area contributed by atoms with Crippen molar-refractivity contribution in [2.45, 2.75) is 12.5 Å². The van der Waals surface area contributed by atoms with Crippen molar-refractivity contribution in [2.75, 3.05) is 17.7 Å². The third kappa shape index (κ3) is 4.17. The summed E-state index contributed by atoms with van der Waals surface area (Å²) in [6, 6.07) is 6.72. The van der Waals surface area contributed by atoms with Crippen LogP contribution in [0.1, 0.15) is 5.56 Å². The summed E-state index contributed by atoms with van der Waals surface area (Å²) < 4.78 is 0. The van der Waals surface area contributed by atoms with Crippen LogP contribution in [0.2, 0.25) is 0 Å². The molecule has 0 aliphatic rings. The summed E-state index contributed by atoms with van der Waals surface area (Å²) in [6.45, 7) is 0.634. The number of carbonyl (C=O) groups excluding carboxylic acids is 2. The topological polar surface area (TPSA) is 72.2 Å². The van der Waals surface area contributed by atoms with Crippen LogP contribution in [0.3, 0.4) is 0 Å². The zero-order valence-electron chi connectivity index (χ0n) is 9.36. The van der Waals surface area contributed by atoms with Gasteiger partial charge in [0.1, 0.15) is 0 Å². The SMILES string of the molecule is NC(Cc1ccccc1NCCCl)C(=O)C=O. The molecule has 1 rings (SSSR count). The second kappa shape index (κ2) is 7.04. The molecule has 0 aliphatic carbocycles. The molecule has 0 radical (unpaired) electrons. The van der Waals surface area contributed by atoms with Crippen molar-refractivity contribution in [1.29, 1.82) is 0 Å². The molecule has 92 valence electrons. The number of halogens is 1. The highest BCUT2D eigenvalue weighted by Gasteiger charge is 2.14. The number of hydrogen-bond donors (Lipinski definition) is 2. The summed E-state index contributed by atoms with van der Waals surface area (Å²) in [5.41, 5.74) is 7.42. The molecule has 1 aromatic carbocycles. The van der Waals surface area contributed by atoms with Gasteiger partial charge in [-0.3, -0.25) is 9.59 Å². The Morgan fingerprint density at radius 1 is 1.47 bits per heavy atom. The number of para-hydroxylation sites is 1. The molecule has 0 aromatic heterocycles. The summed E-state index contributed by atoms with van der Waals surface area (Å²) in [5.74, 6) is -0.0923. The molecule has 4 nitrogen and oxygen atoms in total. The predicted octanol–water partition coefficient (Wildman–Crippen LogP) is 0.975. The third-order valence-electron chi connectivity index (χ3n) is 2.35. The molecule has 3 N–H and O–H groups in total. The Balaban J connectivity index is 2.75. The van der Waals surface area contributed by atoms with Crippen molar-refractivity contribution in [2.24, 2.45) is 5.73 Å². The van der Waals surface area contributed by atoms with E-state index in [4.69, 9.17) is 17.3 Å².